The van der Waals surface area contributed by atoms with Crippen LogP contribution in [0.5, 0.6) is 0 Å². The summed E-state index contributed by atoms with van der Waals surface area (Å²) in [4.78, 5) is 25.5. The number of nitrogen functional groups attached to an aromatic ring is 1. The molecule has 4 aromatic rings. The third kappa shape index (κ3) is 3.73. The normalized spacial score (nSPS) is 10.6. The summed E-state index contributed by atoms with van der Waals surface area (Å²) in [6.45, 7) is 1.94. The molecule has 3 N–H and O–H groups in total. The van der Waals surface area contributed by atoms with Crippen LogP contribution in [0.3, 0.4) is 0 Å². The predicted molar refractivity (Wildman–Crippen MR) is 114 cm³/mol. The molecule has 148 valence electrons. The summed E-state index contributed by atoms with van der Waals surface area (Å²) >= 11 is 0. The average molecular weight is 399 g/mol. The zero-order valence-corrected chi connectivity index (χ0v) is 16.1. The first-order valence-electron chi connectivity index (χ1n) is 9.22. The Labute approximate surface area is 172 Å². The number of nitrogens with one attached hydrogen (secondary N) is 1. The largest absolute Gasteiger partial charge is 0.397 e. The van der Waals surface area contributed by atoms with E-state index in [1.54, 1.807) is 55.1 Å². The van der Waals surface area contributed by atoms with Crippen molar-refractivity contribution in [2.45, 2.75) is 6.92 Å². The van der Waals surface area contributed by atoms with Crippen LogP contribution in [-0.4, -0.2) is 20.9 Å². The summed E-state index contributed by atoms with van der Waals surface area (Å²) in [5, 5.41) is 2.83. The summed E-state index contributed by atoms with van der Waals surface area (Å²) in [5.41, 5.74) is 9.99. The number of nitrogens with zero attached hydrogens (tertiary/aromatic N) is 3. The van der Waals surface area contributed by atoms with E-state index in [4.69, 9.17) is 5.73 Å². The van der Waals surface area contributed by atoms with Gasteiger partial charge in [-0.1, -0.05) is 12.1 Å². The number of benzene rings is 1. The maximum Gasteiger partial charge on any atom is 0.276 e. The molecule has 6 nitrogen and oxygen atoms in total. The van der Waals surface area contributed by atoms with E-state index in [1.165, 1.54) is 6.07 Å². The van der Waals surface area contributed by atoms with Crippen LogP contribution >= 0.6 is 0 Å². The second kappa shape index (κ2) is 8.08. The monoisotopic (exact) mass is 399 g/mol. The maximum atomic E-state index is 14.1. The van der Waals surface area contributed by atoms with Crippen LogP contribution in [0.25, 0.3) is 22.4 Å². The molecule has 0 fully saturated rings. The number of hydrogen-bond acceptors (Lipinski definition) is 5. The number of rotatable bonds is 4. The number of halogens is 1. The fourth-order valence-electron chi connectivity index (χ4n) is 3.16. The highest BCUT2D eigenvalue weighted by Crippen LogP contribution is 2.30. The molecule has 0 saturated heterocycles. The maximum absolute atomic E-state index is 14.1. The zero-order chi connectivity index (χ0) is 21.1. The van der Waals surface area contributed by atoms with Gasteiger partial charge in [-0.3, -0.25) is 14.8 Å². The van der Waals surface area contributed by atoms with Gasteiger partial charge in [0.15, 0.2) is 5.69 Å². The van der Waals surface area contributed by atoms with Crippen LogP contribution in [0.15, 0.2) is 73.3 Å². The number of aryl methyl sites for hydroxylation is 1. The first kappa shape index (κ1) is 19.2. The van der Waals surface area contributed by atoms with Gasteiger partial charge in [0.1, 0.15) is 5.82 Å². The van der Waals surface area contributed by atoms with Crippen LogP contribution in [0, 0.1) is 12.7 Å². The number of aromatic nitrogens is 3. The van der Waals surface area contributed by atoms with E-state index in [2.05, 4.69) is 20.3 Å². The fraction of sp³-hybridized carbons (Fsp3) is 0.0435. The zero-order valence-electron chi connectivity index (χ0n) is 16.1. The Morgan fingerprint density at radius 2 is 1.67 bits per heavy atom. The van der Waals surface area contributed by atoms with Crippen molar-refractivity contribution in [1.82, 2.24) is 15.0 Å². The Kier molecular flexibility index (Phi) is 5.17. The van der Waals surface area contributed by atoms with Crippen molar-refractivity contribution < 1.29 is 9.18 Å². The molecule has 0 aliphatic rings. The Balaban J connectivity index is 1.70. The molecule has 0 unspecified atom stereocenters. The van der Waals surface area contributed by atoms with Gasteiger partial charge in [0, 0.05) is 29.7 Å². The van der Waals surface area contributed by atoms with Crippen molar-refractivity contribution in [3.05, 3.63) is 90.4 Å². The summed E-state index contributed by atoms with van der Waals surface area (Å²) < 4.78 is 14.1. The minimum Gasteiger partial charge on any atom is -0.397 e. The smallest absolute Gasteiger partial charge is 0.276 e. The number of hydrogen-bond donors (Lipinski definition) is 2. The van der Waals surface area contributed by atoms with Crippen molar-refractivity contribution >= 4 is 17.3 Å². The van der Waals surface area contributed by atoms with E-state index in [0.29, 0.717) is 16.9 Å². The molecule has 0 spiro atoms. The molecule has 0 saturated carbocycles. The van der Waals surface area contributed by atoms with Crippen LogP contribution in [0.2, 0.25) is 0 Å². The number of pyridine rings is 3. The van der Waals surface area contributed by atoms with Crippen molar-refractivity contribution in [3.63, 3.8) is 0 Å². The second-order valence-corrected chi connectivity index (χ2v) is 6.68. The molecule has 7 heteroatoms. The van der Waals surface area contributed by atoms with Gasteiger partial charge in [-0.15, -0.1) is 0 Å². The van der Waals surface area contributed by atoms with E-state index < -0.39 is 11.7 Å². The molecule has 0 radical (unpaired) electrons. The summed E-state index contributed by atoms with van der Waals surface area (Å²) in [6, 6.07) is 13.0. The third-order valence-corrected chi connectivity index (χ3v) is 4.67. The van der Waals surface area contributed by atoms with E-state index in [1.807, 2.05) is 19.1 Å². The predicted octanol–water partition coefficient (Wildman–Crippen LogP) is 4.49. The molecule has 0 atom stereocenters. The molecule has 3 heterocycles. The molecular weight excluding hydrogens is 381 g/mol. The van der Waals surface area contributed by atoms with Crippen LogP contribution < -0.4 is 11.1 Å². The number of nitrogens with two attached hydrogens (primary N) is 1. The first-order chi connectivity index (χ1) is 14.5. The molecular formula is C23H18FN5O. The average Bonchev–Trinajstić information content (AvgIpc) is 2.75. The third-order valence-electron chi connectivity index (χ3n) is 4.67. The lowest BCUT2D eigenvalue weighted by molar-refractivity contribution is 0.102. The molecule has 30 heavy (non-hydrogen) atoms. The van der Waals surface area contributed by atoms with Crippen LogP contribution in [-0.2, 0) is 0 Å². The van der Waals surface area contributed by atoms with Crippen molar-refractivity contribution in [2.75, 3.05) is 11.1 Å². The summed E-state index contributed by atoms with van der Waals surface area (Å²) in [7, 11) is 0. The highest BCUT2D eigenvalue weighted by Gasteiger charge is 2.17. The second-order valence-electron chi connectivity index (χ2n) is 6.68. The molecule has 0 aliphatic carbocycles. The van der Waals surface area contributed by atoms with E-state index in [9.17, 15) is 9.18 Å². The summed E-state index contributed by atoms with van der Waals surface area (Å²) in [5.74, 6) is -0.935. The quantitative estimate of drug-likeness (QED) is 0.527. The van der Waals surface area contributed by atoms with Gasteiger partial charge >= 0.3 is 0 Å². The van der Waals surface area contributed by atoms with Crippen molar-refractivity contribution in [2.24, 2.45) is 0 Å². The van der Waals surface area contributed by atoms with Gasteiger partial charge in [0.2, 0.25) is 0 Å². The van der Waals surface area contributed by atoms with Gasteiger partial charge in [-0.2, -0.15) is 0 Å². The van der Waals surface area contributed by atoms with E-state index >= 15 is 0 Å². The molecule has 0 aliphatic heterocycles. The number of carbonyl (C=O) groups is 1. The lowest BCUT2D eigenvalue weighted by Crippen LogP contribution is -2.17. The number of anilines is 2. The highest BCUT2D eigenvalue weighted by molar-refractivity contribution is 6.08. The molecule has 1 amide bonds. The molecule has 1 aromatic carbocycles. The highest BCUT2D eigenvalue weighted by atomic mass is 19.1. The van der Waals surface area contributed by atoms with Crippen molar-refractivity contribution in [1.29, 1.82) is 0 Å². The molecule has 4 rings (SSSR count). The Morgan fingerprint density at radius 1 is 0.933 bits per heavy atom. The van der Waals surface area contributed by atoms with Crippen LogP contribution in [0.4, 0.5) is 15.8 Å². The summed E-state index contributed by atoms with van der Waals surface area (Å²) in [6.07, 6.45) is 6.64. The molecule has 0 bridgehead atoms. The van der Waals surface area contributed by atoms with Crippen molar-refractivity contribution in [3.8, 4) is 22.4 Å². The standard InChI is InChI=1S/C23H18FN5O/c1-14-12-26-10-8-15(14)16-9-11-27-13-21(16)29-23(30)22-19(25)6-7-20(28-22)17-4-2-3-5-18(17)24/h2-13H,25H2,1H3,(H,29,30). The molecule has 3 aromatic heterocycles. The minimum absolute atomic E-state index is 0.0111. The van der Waals surface area contributed by atoms with Gasteiger partial charge in [-0.25, -0.2) is 9.37 Å². The lowest BCUT2D eigenvalue weighted by atomic mass is 10.0. The lowest BCUT2D eigenvalue weighted by Gasteiger charge is -2.13. The Hall–Kier alpha value is -4.13. The Bertz CT molecular complexity index is 1240. The van der Waals surface area contributed by atoms with Gasteiger partial charge in [0.05, 0.1) is 23.3 Å². The topological polar surface area (TPSA) is 93.8 Å². The van der Waals surface area contributed by atoms with Gasteiger partial charge < -0.3 is 11.1 Å². The van der Waals surface area contributed by atoms with Crippen LogP contribution in [0.1, 0.15) is 16.1 Å². The fourth-order valence-corrected chi connectivity index (χ4v) is 3.16. The van der Waals surface area contributed by atoms with E-state index in [0.717, 1.165) is 16.7 Å². The SMILES string of the molecule is Cc1cnccc1-c1ccncc1NC(=O)c1nc(-c2ccccc2F)ccc1N. The first-order valence-corrected chi connectivity index (χ1v) is 9.22. The van der Waals surface area contributed by atoms with E-state index in [-0.39, 0.29) is 11.4 Å². The Morgan fingerprint density at radius 3 is 2.43 bits per heavy atom. The van der Waals surface area contributed by atoms with Gasteiger partial charge in [0.25, 0.3) is 5.91 Å². The number of carbonyl (C=O) groups excluding carboxylic acids is 1. The minimum atomic E-state index is -0.508. The van der Waals surface area contributed by atoms with Gasteiger partial charge in [-0.05, 0) is 54.4 Å². The number of amides is 1.